The summed E-state index contributed by atoms with van der Waals surface area (Å²) in [6, 6.07) is 14.3. The van der Waals surface area contributed by atoms with Gasteiger partial charge in [0.2, 0.25) is 11.7 Å². The molecule has 1 fully saturated rings. The molecule has 7 nitrogen and oxygen atoms in total. The van der Waals surface area contributed by atoms with Crippen LogP contribution in [0.1, 0.15) is 54.7 Å². The van der Waals surface area contributed by atoms with Crippen LogP contribution < -0.4 is 16.8 Å². The van der Waals surface area contributed by atoms with Gasteiger partial charge >= 0.3 is 0 Å². The summed E-state index contributed by atoms with van der Waals surface area (Å²) in [7, 11) is 0. The molecule has 1 aliphatic carbocycles. The number of para-hydroxylation sites is 1. The van der Waals surface area contributed by atoms with Crippen LogP contribution in [0.3, 0.4) is 0 Å². The molecule has 0 radical (unpaired) electrons. The van der Waals surface area contributed by atoms with Crippen LogP contribution in [0.2, 0.25) is 0 Å². The molecule has 0 aromatic heterocycles. The van der Waals surface area contributed by atoms with E-state index in [9.17, 15) is 14.4 Å². The van der Waals surface area contributed by atoms with Gasteiger partial charge in [0.15, 0.2) is 0 Å². The van der Waals surface area contributed by atoms with Crippen molar-refractivity contribution in [3.05, 3.63) is 65.2 Å². The fourth-order valence-corrected chi connectivity index (χ4v) is 5.25. The normalized spacial score (nSPS) is 18.8. The Labute approximate surface area is 194 Å². The predicted octanol–water partition coefficient (Wildman–Crippen LogP) is 2.69. The van der Waals surface area contributed by atoms with Gasteiger partial charge in [0.05, 0.1) is 5.92 Å². The number of ketones is 1. The molecule has 2 aliphatic rings. The number of nitrogens with one attached hydrogen (secondary N) is 1. The molecule has 7 heteroatoms. The van der Waals surface area contributed by atoms with Gasteiger partial charge < -0.3 is 21.7 Å². The highest BCUT2D eigenvalue weighted by Crippen LogP contribution is 2.34. The zero-order valence-corrected chi connectivity index (χ0v) is 18.8. The van der Waals surface area contributed by atoms with Gasteiger partial charge in [-0.15, -0.1) is 0 Å². The van der Waals surface area contributed by atoms with E-state index in [4.69, 9.17) is 11.5 Å². The van der Waals surface area contributed by atoms with Crippen molar-refractivity contribution in [3.8, 4) is 0 Å². The van der Waals surface area contributed by atoms with Crippen LogP contribution >= 0.6 is 0 Å². The number of carbonyl (C=O) groups is 3. The molecular weight excluding hydrogens is 416 g/mol. The molecule has 4 rings (SSSR count). The lowest BCUT2D eigenvalue weighted by Crippen LogP contribution is -2.54. The molecule has 1 aliphatic heterocycles. The number of amides is 2. The van der Waals surface area contributed by atoms with Gasteiger partial charge in [0.25, 0.3) is 5.91 Å². The number of anilines is 1. The monoisotopic (exact) mass is 448 g/mol. The van der Waals surface area contributed by atoms with E-state index in [1.807, 2.05) is 48.5 Å². The Balaban J connectivity index is 1.67. The maximum Gasteiger partial charge on any atom is 0.291 e. The third-order valence-electron chi connectivity index (χ3n) is 6.92. The molecule has 0 spiro atoms. The summed E-state index contributed by atoms with van der Waals surface area (Å²) in [6.45, 7) is 0.877. The lowest BCUT2D eigenvalue weighted by Gasteiger charge is -2.37. The zero-order valence-electron chi connectivity index (χ0n) is 18.8. The Bertz CT molecular complexity index is 1030. The summed E-state index contributed by atoms with van der Waals surface area (Å²) in [4.78, 5) is 41.3. The van der Waals surface area contributed by atoms with Crippen molar-refractivity contribution >= 4 is 23.3 Å². The first-order valence-electron chi connectivity index (χ1n) is 11.7. The van der Waals surface area contributed by atoms with Crippen molar-refractivity contribution in [1.29, 1.82) is 0 Å². The van der Waals surface area contributed by atoms with Crippen molar-refractivity contribution < 1.29 is 14.4 Å². The fraction of sp³-hybridized carbons (Fsp3) is 0.423. The summed E-state index contributed by atoms with van der Waals surface area (Å²) < 4.78 is 0. The number of nitrogens with zero attached hydrogens (tertiary/aromatic N) is 1. The van der Waals surface area contributed by atoms with E-state index < -0.39 is 29.6 Å². The topological polar surface area (TPSA) is 119 Å². The minimum absolute atomic E-state index is 0.0420. The summed E-state index contributed by atoms with van der Waals surface area (Å²) in [5, 5.41) is 3.21. The van der Waals surface area contributed by atoms with Crippen molar-refractivity contribution in [2.45, 2.75) is 57.2 Å². The molecule has 2 atom stereocenters. The second-order valence-electron chi connectivity index (χ2n) is 9.09. The largest absolute Gasteiger partial charge is 0.384 e. The molecule has 33 heavy (non-hydrogen) atoms. The lowest BCUT2D eigenvalue weighted by atomic mass is 9.82. The maximum absolute atomic E-state index is 13.7. The number of nitrogens with two attached hydrogens (primary N) is 2. The van der Waals surface area contributed by atoms with Crippen molar-refractivity contribution in [3.63, 3.8) is 0 Å². The van der Waals surface area contributed by atoms with Crippen LogP contribution in [0, 0.1) is 5.92 Å². The minimum atomic E-state index is -0.812. The number of Topliss-reactive ketones (excluding diaryl/α,β-unsaturated/α-hetero) is 1. The molecule has 0 saturated heterocycles. The third-order valence-corrected chi connectivity index (χ3v) is 6.92. The summed E-state index contributed by atoms with van der Waals surface area (Å²) in [5.74, 6) is -2.33. The number of primary amides is 1. The van der Waals surface area contributed by atoms with Crippen LogP contribution in [0.5, 0.6) is 0 Å². The summed E-state index contributed by atoms with van der Waals surface area (Å²) >= 11 is 0. The summed E-state index contributed by atoms with van der Waals surface area (Å²) in [5.41, 5.74) is 15.1. The number of carbonyl (C=O) groups excluding carboxylic acids is 3. The minimum Gasteiger partial charge on any atom is -0.384 e. The van der Waals surface area contributed by atoms with Crippen molar-refractivity contribution in [2.24, 2.45) is 17.4 Å². The average Bonchev–Trinajstić information content (AvgIpc) is 3.27. The molecular formula is C26H32N4O3. The van der Waals surface area contributed by atoms with E-state index in [1.165, 1.54) is 4.90 Å². The molecule has 2 amide bonds. The van der Waals surface area contributed by atoms with Crippen molar-refractivity contribution in [2.75, 3.05) is 11.9 Å². The van der Waals surface area contributed by atoms with Crippen LogP contribution in [-0.4, -0.2) is 35.1 Å². The first-order chi connectivity index (χ1) is 16.0. The van der Waals surface area contributed by atoms with E-state index in [2.05, 4.69) is 5.32 Å². The number of fused-ring (bicyclic) bond motifs is 1. The standard InChI is InChI=1S/C26H32N4O3/c27-14-17-7-6-8-18(13-17)16-30(23(25(28)32)19-9-2-1-3-10-19)26(33)24(31)21-15-29-22-12-5-4-11-20(21)22/h4-8,11-13,19,21,23,29H,1-3,9-10,14-16,27H2,(H2,28,32). The van der Waals surface area contributed by atoms with E-state index in [1.54, 1.807) is 0 Å². The highest BCUT2D eigenvalue weighted by atomic mass is 16.2. The van der Waals surface area contributed by atoms with E-state index in [-0.39, 0.29) is 12.5 Å². The third kappa shape index (κ3) is 4.93. The molecule has 2 unspecified atom stereocenters. The van der Waals surface area contributed by atoms with Gasteiger partial charge in [-0.25, -0.2) is 0 Å². The molecule has 0 bridgehead atoms. The molecule has 2 aromatic carbocycles. The SMILES string of the molecule is NCc1cccc(CN(C(=O)C(=O)C2CNc3ccccc32)C(C(N)=O)C2CCCCC2)c1. The Hall–Kier alpha value is -3.19. The van der Waals surface area contributed by atoms with E-state index >= 15 is 0 Å². The first-order valence-corrected chi connectivity index (χ1v) is 11.7. The second kappa shape index (κ2) is 10.2. The van der Waals surface area contributed by atoms with Gasteiger partial charge in [0.1, 0.15) is 6.04 Å². The van der Waals surface area contributed by atoms with Gasteiger partial charge in [-0.1, -0.05) is 61.7 Å². The van der Waals surface area contributed by atoms with Gasteiger partial charge in [0, 0.05) is 25.3 Å². The number of hydrogen-bond acceptors (Lipinski definition) is 5. The van der Waals surface area contributed by atoms with Gasteiger partial charge in [-0.2, -0.15) is 0 Å². The van der Waals surface area contributed by atoms with Gasteiger partial charge in [-0.05, 0) is 41.5 Å². The molecule has 174 valence electrons. The summed E-state index contributed by atoms with van der Waals surface area (Å²) in [6.07, 6.45) is 4.74. The quantitative estimate of drug-likeness (QED) is 0.537. The van der Waals surface area contributed by atoms with E-state index in [0.29, 0.717) is 13.1 Å². The fourth-order valence-electron chi connectivity index (χ4n) is 5.25. The van der Waals surface area contributed by atoms with Crippen LogP contribution in [0.4, 0.5) is 5.69 Å². The second-order valence-corrected chi connectivity index (χ2v) is 9.09. The average molecular weight is 449 g/mol. The first kappa shape index (κ1) is 23.0. The Kier molecular flexibility index (Phi) is 7.08. The molecule has 2 aromatic rings. The number of hydrogen-bond donors (Lipinski definition) is 3. The molecule has 1 saturated carbocycles. The Morgan fingerprint density at radius 1 is 1.00 bits per heavy atom. The predicted molar refractivity (Wildman–Crippen MR) is 127 cm³/mol. The zero-order chi connectivity index (χ0) is 23.4. The smallest absolute Gasteiger partial charge is 0.291 e. The highest BCUT2D eigenvalue weighted by molar-refractivity contribution is 6.39. The van der Waals surface area contributed by atoms with E-state index in [0.717, 1.165) is 54.5 Å². The molecule has 1 heterocycles. The highest BCUT2D eigenvalue weighted by Gasteiger charge is 2.41. The van der Waals surface area contributed by atoms with Crippen LogP contribution in [0.15, 0.2) is 48.5 Å². The number of benzene rings is 2. The van der Waals surface area contributed by atoms with Crippen molar-refractivity contribution in [1.82, 2.24) is 4.90 Å². The van der Waals surface area contributed by atoms with Crippen LogP contribution in [0.25, 0.3) is 0 Å². The lowest BCUT2D eigenvalue weighted by molar-refractivity contribution is -0.151. The Morgan fingerprint density at radius 3 is 2.45 bits per heavy atom. The Morgan fingerprint density at radius 2 is 1.73 bits per heavy atom. The number of rotatable bonds is 8. The molecule has 5 N–H and O–H groups in total. The van der Waals surface area contributed by atoms with Crippen LogP contribution in [-0.2, 0) is 27.5 Å². The maximum atomic E-state index is 13.7. The van der Waals surface area contributed by atoms with Gasteiger partial charge in [-0.3, -0.25) is 14.4 Å².